The van der Waals surface area contributed by atoms with E-state index in [4.69, 9.17) is 9.72 Å². The molecule has 0 N–H and O–H groups in total. The fourth-order valence-electron chi connectivity index (χ4n) is 2.99. The van der Waals surface area contributed by atoms with Gasteiger partial charge in [-0.25, -0.2) is 4.98 Å². The molecule has 0 atom stereocenters. The summed E-state index contributed by atoms with van der Waals surface area (Å²) in [6.07, 6.45) is 0. The van der Waals surface area contributed by atoms with E-state index in [0.717, 1.165) is 27.9 Å². The number of nitrogens with zero attached hydrogens (tertiary/aromatic N) is 1. The molecule has 1 aromatic heterocycles. The number of pyridine rings is 1. The van der Waals surface area contributed by atoms with E-state index in [1.165, 1.54) is 16.3 Å². The van der Waals surface area contributed by atoms with Crippen LogP contribution in [0, 0.1) is 6.92 Å². The SMILES string of the molecule is COc1ccc2c(c1)c(-c1ccc(C)cc1)nc1ccccc12. The maximum Gasteiger partial charge on any atom is 0.119 e. The van der Waals surface area contributed by atoms with Crippen LogP contribution in [0.3, 0.4) is 0 Å². The Morgan fingerprint density at radius 3 is 2.35 bits per heavy atom. The first kappa shape index (κ1) is 13.8. The molecule has 0 fully saturated rings. The highest BCUT2D eigenvalue weighted by molar-refractivity contribution is 6.11. The van der Waals surface area contributed by atoms with Crippen molar-refractivity contribution in [2.24, 2.45) is 0 Å². The Bertz CT molecular complexity index is 1000. The van der Waals surface area contributed by atoms with E-state index in [1.54, 1.807) is 7.11 Å². The molecule has 2 heteroatoms. The van der Waals surface area contributed by atoms with Gasteiger partial charge in [-0.05, 0) is 36.6 Å². The predicted molar refractivity (Wildman–Crippen MR) is 96.0 cm³/mol. The molecule has 1 heterocycles. The highest BCUT2D eigenvalue weighted by atomic mass is 16.5. The number of rotatable bonds is 2. The zero-order valence-electron chi connectivity index (χ0n) is 13.2. The van der Waals surface area contributed by atoms with Gasteiger partial charge in [-0.1, -0.05) is 48.0 Å². The van der Waals surface area contributed by atoms with Gasteiger partial charge in [-0.3, -0.25) is 0 Å². The van der Waals surface area contributed by atoms with Gasteiger partial charge in [-0.15, -0.1) is 0 Å². The molecule has 112 valence electrons. The van der Waals surface area contributed by atoms with E-state index >= 15 is 0 Å². The predicted octanol–water partition coefficient (Wildman–Crippen LogP) is 5.37. The van der Waals surface area contributed by atoms with Crippen molar-refractivity contribution in [1.82, 2.24) is 4.98 Å². The second-order valence-electron chi connectivity index (χ2n) is 5.76. The summed E-state index contributed by atoms with van der Waals surface area (Å²) < 4.78 is 5.42. The normalized spacial score (nSPS) is 11.0. The first-order valence-corrected chi connectivity index (χ1v) is 7.70. The minimum atomic E-state index is 0.850. The van der Waals surface area contributed by atoms with Crippen molar-refractivity contribution in [1.29, 1.82) is 0 Å². The highest BCUT2D eigenvalue weighted by Crippen LogP contribution is 2.34. The molecule has 0 radical (unpaired) electrons. The van der Waals surface area contributed by atoms with Crippen LogP contribution in [0.1, 0.15) is 5.56 Å². The largest absolute Gasteiger partial charge is 0.497 e. The minimum absolute atomic E-state index is 0.850. The maximum absolute atomic E-state index is 5.42. The minimum Gasteiger partial charge on any atom is -0.497 e. The Hall–Kier alpha value is -2.87. The molecule has 0 bridgehead atoms. The van der Waals surface area contributed by atoms with Gasteiger partial charge in [-0.2, -0.15) is 0 Å². The number of ether oxygens (including phenoxy) is 1. The first-order valence-electron chi connectivity index (χ1n) is 7.70. The summed E-state index contributed by atoms with van der Waals surface area (Å²) in [5.74, 6) is 0.850. The quantitative estimate of drug-likeness (QED) is 0.464. The van der Waals surface area contributed by atoms with Crippen molar-refractivity contribution in [3.05, 3.63) is 72.3 Å². The molecule has 0 spiro atoms. The lowest BCUT2D eigenvalue weighted by atomic mass is 9.99. The number of fused-ring (bicyclic) bond motifs is 3. The molecule has 23 heavy (non-hydrogen) atoms. The second-order valence-corrected chi connectivity index (χ2v) is 5.76. The van der Waals surface area contributed by atoms with Crippen molar-refractivity contribution >= 4 is 21.7 Å². The van der Waals surface area contributed by atoms with E-state index in [0.29, 0.717) is 0 Å². The van der Waals surface area contributed by atoms with E-state index in [-0.39, 0.29) is 0 Å². The van der Waals surface area contributed by atoms with Gasteiger partial charge in [0.1, 0.15) is 5.75 Å². The highest BCUT2D eigenvalue weighted by Gasteiger charge is 2.11. The van der Waals surface area contributed by atoms with Crippen molar-refractivity contribution in [3.8, 4) is 17.0 Å². The molecule has 0 unspecified atom stereocenters. The molecule has 0 saturated carbocycles. The van der Waals surface area contributed by atoms with E-state index in [1.807, 2.05) is 12.1 Å². The Labute approximate surface area is 135 Å². The zero-order chi connectivity index (χ0) is 15.8. The number of hydrogen-bond acceptors (Lipinski definition) is 2. The van der Waals surface area contributed by atoms with Crippen LogP contribution in [0.5, 0.6) is 5.75 Å². The van der Waals surface area contributed by atoms with Gasteiger partial charge in [0, 0.05) is 16.3 Å². The topological polar surface area (TPSA) is 22.1 Å². The van der Waals surface area contributed by atoms with Crippen LogP contribution in [0.2, 0.25) is 0 Å². The van der Waals surface area contributed by atoms with Gasteiger partial charge < -0.3 is 4.74 Å². The lowest BCUT2D eigenvalue weighted by molar-refractivity contribution is 0.415. The summed E-state index contributed by atoms with van der Waals surface area (Å²) in [5.41, 5.74) is 4.38. The molecule has 0 saturated heterocycles. The van der Waals surface area contributed by atoms with E-state index < -0.39 is 0 Å². The number of methoxy groups -OCH3 is 1. The molecule has 4 aromatic rings. The molecule has 0 aliphatic rings. The summed E-state index contributed by atoms with van der Waals surface area (Å²) in [6.45, 7) is 2.10. The van der Waals surface area contributed by atoms with Gasteiger partial charge in [0.05, 0.1) is 18.3 Å². The van der Waals surface area contributed by atoms with Crippen LogP contribution in [0.15, 0.2) is 66.7 Å². The Balaban J connectivity index is 2.12. The van der Waals surface area contributed by atoms with Gasteiger partial charge in [0.2, 0.25) is 0 Å². The summed E-state index contributed by atoms with van der Waals surface area (Å²) in [5, 5.41) is 3.49. The van der Waals surface area contributed by atoms with Crippen LogP contribution in [-0.4, -0.2) is 12.1 Å². The third-order valence-electron chi connectivity index (χ3n) is 4.23. The van der Waals surface area contributed by atoms with E-state index in [2.05, 4.69) is 61.5 Å². The van der Waals surface area contributed by atoms with Crippen LogP contribution >= 0.6 is 0 Å². The fourth-order valence-corrected chi connectivity index (χ4v) is 2.99. The van der Waals surface area contributed by atoms with Crippen molar-refractivity contribution in [3.63, 3.8) is 0 Å². The lowest BCUT2D eigenvalue weighted by Crippen LogP contribution is -1.91. The van der Waals surface area contributed by atoms with Crippen LogP contribution in [-0.2, 0) is 0 Å². The van der Waals surface area contributed by atoms with E-state index in [9.17, 15) is 0 Å². The van der Waals surface area contributed by atoms with Crippen LogP contribution < -0.4 is 4.74 Å². The summed E-state index contributed by atoms with van der Waals surface area (Å²) >= 11 is 0. The molecule has 4 rings (SSSR count). The van der Waals surface area contributed by atoms with Gasteiger partial charge in [0.15, 0.2) is 0 Å². The molecule has 3 aromatic carbocycles. The number of benzene rings is 3. The van der Waals surface area contributed by atoms with Gasteiger partial charge >= 0.3 is 0 Å². The molecule has 0 aliphatic carbocycles. The Morgan fingerprint density at radius 2 is 1.57 bits per heavy atom. The summed E-state index contributed by atoms with van der Waals surface area (Å²) in [6, 6.07) is 23.0. The number of aromatic nitrogens is 1. The average Bonchev–Trinajstić information content (AvgIpc) is 2.61. The maximum atomic E-state index is 5.42. The third-order valence-corrected chi connectivity index (χ3v) is 4.23. The first-order chi connectivity index (χ1) is 11.3. The number of aryl methyl sites for hydroxylation is 1. The monoisotopic (exact) mass is 299 g/mol. The standard InChI is InChI=1S/C21H17NO/c1-14-7-9-15(10-8-14)21-19-13-16(23-2)11-12-17(19)18-5-3-4-6-20(18)22-21/h3-13H,1-2H3. The second kappa shape index (κ2) is 5.40. The molecule has 0 aliphatic heterocycles. The summed E-state index contributed by atoms with van der Waals surface area (Å²) in [4.78, 5) is 4.92. The van der Waals surface area contributed by atoms with Gasteiger partial charge in [0.25, 0.3) is 0 Å². The fraction of sp³-hybridized carbons (Fsp3) is 0.0952. The average molecular weight is 299 g/mol. The van der Waals surface area contributed by atoms with Crippen molar-refractivity contribution in [2.45, 2.75) is 6.92 Å². The van der Waals surface area contributed by atoms with Crippen molar-refractivity contribution in [2.75, 3.05) is 7.11 Å². The van der Waals surface area contributed by atoms with Crippen LogP contribution in [0.4, 0.5) is 0 Å². The number of hydrogen-bond donors (Lipinski definition) is 0. The number of para-hydroxylation sites is 1. The van der Waals surface area contributed by atoms with Crippen molar-refractivity contribution < 1.29 is 4.74 Å². The summed E-state index contributed by atoms with van der Waals surface area (Å²) in [7, 11) is 1.70. The molecule has 2 nitrogen and oxygen atoms in total. The lowest BCUT2D eigenvalue weighted by Gasteiger charge is -2.11. The van der Waals surface area contributed by atoms with Crippen LogP contribution in [0.25, 0.3) is 32.9 Å². The molecule has 0 amide bonds. The Kier molecular flexibility index (Phi) is 3.23. The third kappa shape index (κ3) is 2.33. The Morgan fingerprint density at radius 1 is 0.783 bits per heavy atom. The molecular weight excluding hydrogens is 282 g/mol. The molecular formula is C21H17NO. The smallest absolute Gasteiger partial charge is 0.119 e. The zero-order valence-corrected chi connectivity index (χ0v) is 13.2.